The minimum Gasteiger partial charge on any atom is -0.465 e. The number of hydrogen-bond donors (Lipinski definition) is 3. The molecule has 3 N–H and O–H groups in total. The molecule has 7 heteroatoms. The quantitative estimate of drug-likeness (QED) is 0.411. The van der Waals surface area contributed by atoms with Crippen LogP contribution in [0.3, 0.4) is 0 Å². The van der Waals surface area contributed by atoms with Crippen LogP contribution in [0, 0.1) is 0 Å². The number of ketones is 1. The molecule has 0 aromatic carbocycles. The van der Waals surface area contributed by atoms with Gasteiger partial charge in [-0.25, -0.2) is 9.59 Å². The van der Waals surface area contributed by atoms with Crippen molar-refractivity contribution in [1.82, 2.24) is 5.32 Å². The molecule has 0 heterocycles. The van der Waals surface area contributed by atoms with Crippen LogP contribution in [0.1, 0.15) is 6.92 Å². The maximum Gasteiger partial charge on any atom is 0.405 e. The SMILES string of the molecule is C=CC(=O)C(O)COC(=O)C(C)NC(=O)O. The van der Waals surface area contributed by atoms with Crippen molar-refractivity contribution in [2.75, 3.05) is 6.61 Å². The molecule has 0 saturated carbocycles. The third kappa shape index (κ3) is 5.11. The van der Waals surface area contributed by atoms with Gasteiger partial charge in [-0.3, -0.25) is 4.79 Å². The Morgan fingerprint density at radius 2 is 2.06 bits per heavy atom. The van der Waals surface area contributed by atoms with Crippen molar-refractivity contribution in [3.63, 3.8) is 0 Å². The van der Waals surface area contributed by atoms with Crippen molar-refractivity contribution in [3.05, 3.63) is 12.7 Å². The summed E-state index contributed by atoms with van der Waals surface area (Å²) in [6.07, 6.45) is -1.94. The smallest absolute Gasteiger partial charge is 0.405 e. The molecule has 2 atom stereocenters. The Labute approximate surface area is 91.7 Å². The average molecular weight is 231 g/mol. The number of hydrogen-bond acceptors (Lipinski definition) is 5. The van der Waals surface area contributed by atoms with Gasteiger partial charge in [0, 0.05) is 0 Å². The molecule has 0 aromatic rings. The van der Waals surface area contributed by atoms with Gasteiger partial charge in [-0.15, -0.1) is 0 Å². The van der Waals surface area contributed by atoms with Crippen LogP contribution in [0.2, 0.25) is 0 Å². The van der Waals surface area contributed by atoms with Crippen molar-refractivity contribution >= 4 is 17.8 Å². The van der Waals surface area contributed by atoms with Crippen LogP contribution in [0.4, 0.5) is 4.79 Å². The van der Waals surface area contributed by atoms with Crippen molar-refractivity contribution in [2.45, 2.75) is 19.1 Å². The van der Waals surface area contributed by atoms with E-state index in [4.69, 9.17) is 10.2 Å². The third-order valence-electron chi connectivity index (χ3n) is 1.61. The van der Waals surface area contributed by atoms with Gasteiger partial charge in [0.05, 0.1) is 0 Å². The van der Waals surface area contributed by atoms with E-state index in [1.165, 1.54) is 6.92 Å². The molecule has 0 bridgehead atoms. The number of amides is 1. The van der Waals surface area contributed by atoms with Gasteiger partial charge in [0.25, 0.3) is 0 Å². The summed E-state index contributed by atoms with van der Waals surface area (Å²) in [5, 5.41) is 19.3. The fourth-order valence-corrected chi connectivity index (χ4v) is 0.748. The number of aliphatic hydroxyl groups is 1. The first-order valence-corrected chi connectivity index (χ1v) is 4.39. The van der Waals surface area contributed by atoms with Crippen molar-refractivity contribution < 1.29 is 29.3 Å². The minimum absolute atomic E-state index is 0.532. The van der Waals surface area contributed by atoms with Crippen LogP contribution < -0.4 is 5.32 Å². The summed E-state index contributed by atoms with van der Waals surface area (Å²) in [6, 6.07) is -1.07. The second-order valence-corrected chi connectivity index (χ2v) is 2.92. The Balaban J connectivity index is 4.02. The van der Waals surface area contributed by atoms with E-state index < -0.39 is 36.6 Å². The van der Waals surface area contributed by atoms with E-state index in [-0.39, 0.29) is 0 Å². The Bertz CT molecular complexity index is 300. The van der Waals surface area contributed by atoms with Gasteiger partial charge in [0.1, 0.15) is 12.6 Å². The van der Waals surface area contributed by atoms with Gasteiger partial charge in [-0.2, -0.15) is 0 Å². The molecule has 0 aliphatic carbocycles. The van der Waals surface area contributed by atoms with E-state index in [9.17, 15) is 14.4 Å². The molecular formula is C9H13NO6. The molecule has 0 aliphatic heterocycles. The molecule has 0 aromatic heterocycles. The topological polar surface area (TPSA) is 113 Å². The van der Waals surface area contributed by atoms with Crippen molar-refractivity contribution in [1.29, 1.82) is 0 Å². The number of carboxylic acid groups (broad SMARTS) is 1. The zero-order valence-electron chi connectivity index (χ0n) is 8.67. The Kier molecular flexibility index (Phi) is 5.79. The van der Waals surface area contributed by atoms with E-state index in [0.29, 0.717) is 0 Å². The van der Waals surface area contributed by atoms with E-state index in [0.717, 1.165) is 6.08 Å². The summed E-state index contributed by atoms with van der Waals surface area (Å²) < 4.78 is 4.51. The number of rotatable bonds is 6. The molecule has 90 valence electrons. The number of nitrogens with one attached hydrogen (secondary N) is 1. The predicted molar refractivity (Wildman–Crippen MR) is 52.8 cm³/mol. The van der Waals surface area contributed by atoms with Gasteiger partial charge in [-0.1, -0.05) is 6.58 Å². The number of aliphatic hydroxyl groups excluding tert-OH is 1. The van der Waals surface area contributed by atoms with E-state index in [1.807, 2.05) is 5.32 Å². The van der Waals surface area contributed by atoms with Gasteiger partial charge in [-0.05, 0) is 13.0 Å². The third-order valence-corrected chi connectivity index (χ3v) is 1.61. The summed E-state index contributed by atoms with van der Waals surface area (Å²) >= 11 is 0. The van der Waals surface area contributed by atoms with Gasteiger partial charge in [0.15, 0.2) is 11.9 Å². The zero-order chi connectivity index (χ0) is 12.7. The minimum atomic E-state index is -1.47. The normalized spacial score (nSPS) is 13.4. The van der Waals surface area contributed by atoms with Gasteiger partial charge >= 0.3 is 12.1 Å². The Hall–Kier alpha value is -1.89. The fourth-order valence-electron chi connectivity index (χ4n) is 0.748. The van der Waals surface area contributed by atoms with Gasteiger partial charge in [0.2, 0.25) is 0 Å². The highest BCUT2D eigenvalue weighted by Gasteiger charge is 2.19. The Morgan fingerprint density at radius 1 is 1.50 bits per heavy atom. The van der Waals surface area contributed by atoms with Crippen LogP contribution in [0.25, 0.3) is 0 Å². The maximum atomic E-state index is 11.1. The van der Waals surface area contributed by atoms with Crippen LogP contribution in [0.5, 0.6) is 0 Å². The lowest BCUT2D eigenvalue weighted by atomic mass is 10.2. The number of carbonyl (C=O) groups excluding carboxylic acids is 2. The highest BCUT2D eigenvalue weighted by molar-refractivity contribution is 5.93. The predicted octanol–water partition coefficient (Wildman–Crippen LogP) is -0.698. The number of esters is 1. The number of ether oxygens (including phenoxy) is 1. The number of carbonyl (C=O) groups is 3. The van der Waals surface area contributed by atoms with E-state index >= 15 is 0 Å². The zero-order valence-corrected chi connectivity index (χ0v) is 8.67. The molecule has 0 rings (SSSR count). The van der Waals surface area contributed by atoms with Crippen molar-refractivity contribution in [2.24, 2.45) is 0 Å². The van der Waals surface area contributed by atoms with Crippen LogP contribution in [0.15, 0.2) is 12.7 Å². The molecular weight excluding hydrogens is 218 g/mol. The first kappa shape index (κ1) is 14.1. The molecule has 16 heavy (non-hydrogen) atoms. The lowest BCUT2D eigenvalue weighted by Gasteiger charge is -2.12. The summed E-state index contributed by atoms with van der Waals surface area (Å²) in [4.78, 5) is 32.1. The van der Waals surface area contributed by atoms with E-state index in [2.05, 4.69) is 11.3 Å². The molecule has 0 radical (unpaired) electrons. The van der Waals surface area contributed by atoms with Gasteiger partial charge < -0.3 is 20.3 Å². The highest BCUT2D eigenvalue weighted by atomic mass is 16.5. The van der Waals surface area contributed by atoms with E-state index in [1.54, 1.807) is 0 Å². The molecule has 1 amide bonds. The van der Waals surface area contributed by atoms with Crippen LogP contribution in [-0.4, -0.2) is 46.8 Å². The standard InChI is InChI=1S/C9H13NO6/c1-3-6(11)7(12)4-16-8(13)5(2)10-9(14)15/h3,5,7,10,12H,1,4H2,2H3,(H,14,15). The fraction of sp³-hybridized carbons (Fsp3) is 0.444. The monoisotopic (exact) mass is 231 g/mol. The second-order valence-electron chi connectivity index (χ2n) is 2.92. The molecule has 7 nitrogen and oxygen atoms in total. The molecule has 0 fully saturated rings. The lowest BCUT2D eigenvalue weighted by Crippen LogP contribution is -2.40. The largest absolute Gasteiger partial charge is 0.465 e. The summed E-state index contributed by atoms with van der Waals surface area (Å²) in [5.41, 5.74) is 0. The summed E-state index contributed by atoms with van der Waals surface area (Å²) in [6.45, 7) is 3.89. The maximum absolute atomic E-state index is 11.1. The van der Waals surface area contributed by atoms with Crippen LogP contribution >= 0.6 is 0 Å². The molecule has 2 unspecified atom stereocenters. The second kappa shape index (κ2) is 6.57. The lowest BCUT2D eigenvalue weighted by molar-refractivity contribution is -0.149. The summed E-state index contributed by atoms with van der Waals surface area (Å²) in [5.74, 6) is -1.55. The summed E-state index contributed by atoms with van der Waals surface area (Å²) in [7, 11) is 0. The molecule has 0 spiro atoms. The molecule has 0 aliphatic rings. The molecule has 0 saturated heterocycles. The van der Waals surface area contributed by atoms with Crippen molar-refractivity contribution in [3.8, 4) is 0 Å². The first-order chi connectivity index (χ1) is 7.38. The highest BCUT2D eigenvalue weighted by Crippen LogP contribution is 1.93. The first-order valence-electron chi connectivity index (χ1n) is 4.39. The Morgan fingerprint density at radius 3 is 2.50 bits per heavy atom. The average Bonchev–Trinajstić information content (AvgIpc) is 2.23. The van der Waals surface area contributed by atoms with Crippen LogP contribution in [-0.2, 0) is 14.3 Å².